The molecule has 124 valence electrons. The van der Waals surface area contributed by atoms with Gasteiger partial charge in [-0.05, 0) is 37.8 Å². The Morgan fingerprint density at radius 2 is 2.00 bits per heavy atom. The zero-order valence-corrected chi connectivity index (χ0v) is 14.7. The van der Waals surface area contributed by atoms with Crippen LogP contribution in [0.2, 0.25) is 0 Å². The Morgan fingerprint density at radius 1 is 1.27 bits per heavy atom. The minimum Gasteiger partial charge on any atom is -0.328 e. The number of carbonyl (C=O) groups is 1. The number of halogens is 2. The maximum Gasteiger partial charge on any atom is 0.235 e. The van der Waals surface area contributed by atoms with E-state index in [0.717, 1.165) is 42.8 Å². The van der Waals surface area contributed by atoms with Crippen molar-refractivity contribution in [1.82, 2.24) is 10.3 Å². The molecule has 8 heteroatoms. The van der Waals surface area contributed by atoms with Crippen LogP contribution in [-0.4, -0.2) is 28.7 Å². The monoisotopic (exact) mass is 364 g/mol. The first-order chi connectivity index (χ1) is 9.70. The van der Waals surface area contributed by atoms with Gasteiger partial charge in [-0.15, -0.1) is 36.6 Å². The molecule has 0 unspecified atom stereocenters. The molecule has 22 heavy (non-hydrogen) atoms. The summed E-state index contributed by atoms with van der Waals surface area (Å²) in [7, 11) is 0. The van der Waals surface area contributed by atoms with Crippen molar-refractivity contribution in [3.8, 4) is 0 Å². The van der Waals surface area contributed by atoms with E-state index in [4.69, 9.17) is 5.73 Å². The topological polar surface area (TPSA) is 80.0 Å². The Labute approximate surface area is 147 Å². The van der Waals surface area contributed by atoms with Gasteiger partial charge < -0.3 is 16.4 Å². The number of carbonyl (C=O) groups excluding carboxylic acids is 1. The first-order valence-electron chi connectivity index (χ1n) is 7.12. The smallest absolute Gasteiger partial charge is 0.235 e. The maximum atomic E-state index is 11.4. The molecule has 4 N–H and O–H groups in total. The average molecular weight is 365 g/mol. The molecule has 1 aliphatic carbocycles. The van der Waals surface area contributed by atoms with Gasteiger partial charge in [-0.25, -0.2) is 4.98 Å². The van der Waals surface area contributed by atoms with Crippen molar-refractivity contribution >= 4 is 48.3 Å². The van der Waals surface area contributed by atoms with Gasteiger partial charge in [-0.2, -0.15) is 0 Å². The minimum atomic E-state index is 0. The lowest BCUT2D eigenvalue weighted by Gasteiger charge is -2.27. The van der Waals surface area contributed by atoms with E-state index in [1.165, 1.54) is 0 Å². The second kappa shape index (κ2) is 8.93. The Balaban J connectivity index is 0.00000121. The number of amides is 1. The minimum absolute atomic E-state index is 0. The molecule has 0 bridgehead atoms. The van der Waals surface area contributed by atoms with Gasteiger partial charge in [0.25, 0.3) is 0 Å². The molecule has 2 aliphatic rings. The third-order valence-electron chi connectivity index (χ3n) is 3.88. The summed E-state index contributed by atoms with van der Waals surface area (Å²) in [6.45, 7) is 0.744. The van der Waals surface area contributed by atoms with Crippen LogP contribution in [0.25, 0.3) is 0 Å². The number of rotatable bonds is 3. The SMILES string of the molecule is Cl.Cl.N[C@H]1CC[C@H](NCc2ccc3c(n2)NC(=O)CS3)CC1. The molecule has 1 fully saturated rings. The van der Waals surface area contributed by atoms with Gasteiger partial charge in [-0.3, -0.25) is 4.79 Å². The van der Waals surface area contributed by atoms with E-state index in [9.17, 15) is 4.79 Å². The van der Waals surface area contributed by atoms with Crippen LogP contribution in [0.5, 0.6) is 0 Å². The van der Waals surface area contributed by atoms with Gasteiger partial charge in [0.1, 0.15) is 5.82 Å². The van der Waals surface area contributed by atoms with Gasteiger partial charge in [-0.1, -0.05) is 0 Å². The van der Waals surface area contributed by atoms with Crippen LogP contribution in [0, 0.1) is 0 Å². The molecule has 1 amide bonds. The van der Waals surface area contributed by atoms with Gasteiger partial charge in [0.15, 0.2) is 0 Å². The van der Waals surface area contributed by atoms with E-state index in [1.807, 2.05) is 12.1 Å². The molecule has 0 saturated heterocycles. The fourth-order valence-electron chi connectivity index (χ4n) is 2.67. The quantitative estimate of drug-likeness (QED) is 0.766. The number of hydrogen-bond donors (Lipinski definition) is 3. The highest BCUT2D eigenvalue weighted by Gasteiger charge is 2.19. The van der Waals surface area contributed by atoms with Crippen LogP contribution < -0.4 is 16.4 Å². The number of nitrogens with zero attached hydrogens (tertiary/aromatic N) is 1. The molecule has 0 spiro atoms. The second-order valence-electron chi connectivity index (χ2n) is 5.48. The number of aromatic nitrogens is 1. The molecule has 1 saturated carbocycles. The molecular weight excluding hydrogens is 343 g/mol. The summed E-state index contributed by atoms with van der Waals surface area (Å²) in [5, 5.41) is 6.37. The van der Waals surface area contributed by atoms with Crippen LogP contribution in [0.4, 0.5) is 5.82 Å². The Hall–Kier alpha value is -0.530. The Morgan fingerprint density at radius 3 is 2.73 bits per heavy atom. The average Bonchev–Trinajstić information content (AvgIpc) is 2.46. The molecule has 1 aromatic rings. The molecule has 5 nitrogen and oxygen atoms in total. The van der Waals surface area contributed by atoms with Gasteiger partial charge in [0, 0.05) is 18.6 Å². The lowest BCUT2D eigenvalue weighted by Crippen LogP contribution is -2.37. The van der Waals surface area contributed by atoms with Crippen LogP contribution in [0.3, 0.4) is 0 Å². The van der Waals surface area contributed by atoms with Gasteiger partial charge in [0.05, 0.1) is 16.3 Å². The van der Waals surface area contributed by atoms with Gasteiger partial charge in [0.2, 0.25) is 5.91 Å². The zero-order valence-electron chi connectivity index (χ0n) is 12.2. The van der Waals surface area contributed by atoms with E-state index in [2.05, 4.69) is 15.6 Å². The molecule has 3 rings (SSSR count). The predicted octanol–water partition coefficient (Wildman–Crippen LogP) is 2.33. The standard InChI is InChI=1S/C14H20N4OS.2ClH/c15-9-1-3-10(4-2-9)16-7-11-5-6-12-14(17-11)18-13(19)8-20-12;;/h5-6,9-10,16H,1-4,7-8,15H2,(H,17,18,19);2*1H/t9-,10-;;. The maximum absolute atomic E-state index is 11.4. The van der Waals surface area contributed by atoms with E-state index >= 15 is 0 Å². The highest BCUT2D eigenvalue weighted by atomic mass is 35.5. The molecule has 0 aromatic carbocycles. The van der Waals surface area contributed by atoms with Crippen LogP contribution in [-0.2, 0) is 11.3 Å². The third kappa shape index (κ3) is 4.99. The molecular formula is C14H22Cl2N4OS. The van der Waals surface area contributed by atoms with Crippen LogP contribution in [0.15, 0.2) is 17.0 Å². The lowest BCUT2D eigenvalue weighted by molar-refractivity contribution is -0.113. The summed E-state index contributed by atoms with van der Waals surface area (Å²) >= 11 is 1.54. The summed E-state index contributed by atoms with van der Waals surface area (Å²) in [5.74, 6) is 1.21. The van der Waals surface area contributed by atoms with E-state index in [0.29, 0.717) is 23.7 Å². The number of fused-ring (bicyclic) bond motifs is 1. The molecule has 1 aliphatic heterocycles. The highest BCUT2D eigenvalue weighted by molar-refractivity contribution is 8.00. The van der Waals surface area contributed by atoms with Crippen molar-refractivity contribution in [1.29, 1.82) is 0 Å². The van der Waals surface area contributed by atoms with Crippen LogP contribution >= 0.6 is 36.6 Å². The van der Waals surface area contributed by atoms with E-state index in [1.54, 1.807) is 11.8 Å². The van der Waals surface area contributed by atoms with Crippen molar-refractivity contribution in [2.24, 2.45) is 5.73 Å². The van der Waals surface area contributed by atoms with Crippen molar-refractivity contribution < 1.29 is 4.79 Å². The normalized spacial score (nSPS) is 23.6. The number of anilines is 1. The van der Waals surface area contributed by atoms with Crippen molar-refractivity contribution in [2.45, 2.75) is 49.2 Å². The van der Waals surface area contributed by atoms with E-state index in [-0.39, 0.29) is 30.7 Å². The van der Waals surface area contributed by atoms with Crippen molar-refractivity contribution in [3.05, 3.63) is 17.8 Å². The Kier molecular flexibility index (Phi) is 7.93. The van der Waals surface area contributed by atoms with E-state index < -0.39 is 0 Å². The van der Waals surface area contributed by atoms with Gasteiger partial charge >= 0.3 is 0 Å². The number of pyridine rings is 1. The summed E-state index contributed by atoms with van der Waals surface area (Å²) in [6.07, 6.45) is 4.47. The molecule has 0 atom stereocenters. The lowest BCUT2D eigenvalue weighted by atomic mass is 9.92. The molecule has 0 radical (unpaired) electrons. The van der Waals surface area contributed by atoms with Crippen molar-refractivity contribution in [3.63, 3.8) is 0 Å². The third-order valence-corrected chi connectivity index (χ3v) is 4.92. The highest BCUT2D eigenvalue weighted by Crippen LogP contribution is 2.29. The summed E-state index contributed by atoms with van der Waals surface area (Å²) in [4.78, 5) is 16.9. The molecule has 2 heterocycles. The number of nitrogens with one attached hydrogen (secondary N) is 2. The van der Waals surface area contributed by atoms with Crippen LogP contribution in [0.1, 0.15) is 31.4 Å². The molecule has 1 aromatic heterocycles. The number of thioether (sulfide) groups is 1. The number of nitrogens with two attached hydrogens (primary N) is 1. The number of hydrogen-bond acceptors (Lipinski definition) is 5. The summed E-state index contributed by atoms with van der Waals surface area (Å²) in [6, 6.07) is 4.99. The second-order valence-corrected chi connectivity index (χ2v) is 6.50. The predicted molar refractivity (Wildman–Crippen MR) is 95.2 cm³/mol. The zero-order chi connectivity index (χ0) is 13.9. The first kappa shape index (κ1) is 19.5. The Bertz CT molecular complexity index is 510. The first-order valence-corrected chi connectivity index (χ1v) is 8.11. The summed E-state index contributed by atoms with van der Waals surface area (Å²) < 4.78 is 0. The summed E-state index contributed by atoms with van der Waals surface area (Å²) in [5.41, 5.74) is 6.88. The largest absolute Gasteiger partial charge is 0.328 e. The van der Waals surface area contributed by atoms with Crippen molar-refractivity contribution in [2.75, 3.05) is 11.1 Å². The fourth-order valence-corrected chi connectivity index (χ4v) is 3.43. The fraction of sp³-hybridized carbons (Fsp3) is 0.571.